The maximum Gasteiger partial charge on any atom is 0.270 e. The number of fused-ring (bicyclic) bond motifs is 2. The van der Waals surface area contributed by atoms with Crippen LogP contribution in [0.5, 0.6) is 0 Å². The standard InChI is InChI=1S/C24H31N3O2/c1-4-27(5-2)22(28)21-15(3)17-13-24(29)20-12-16-8-6-7-9-18(16)23(24,10-11-25-20)14-19(17)26-21/h6-9,20,25-26,29H,4-5,10-14H2,1-3H3/t20-,23+,24+/m0/s1. The van der Waals surface area contributed by atoms with E-state index in [1.54, 1.807) is 0 Å². The fraction of sp³-hybridized carbons (Fsp3) is 0.542. The molecule has 3 aliphatic rings. The maximum atomic E-state index is 13.1. The SMILES string of the molecule is CCN(CC)C(=O)c1[nH]c2c(c1C)C[C@@]1(O)[C@@H]3Cc4ccccc4[C@@]1(CCN3)C2. The summed E-state index contributed by atoms with van der Waals surface area (Å²) in [7, 11) is 0. The molecule has 154 valence electrons. The normalized spacial score (nSPS) is 29.6. The van der Waals surface area contributed by atoms with Gasteiger partial charge in [0.1, 0.15) is 5.69 Å². The van der Waals surface area contributed by atoms with Gasteiger partial charge in [0.25, 0.3) is 5.91 Å². The molecule has 1 aliphatic heterocycles. The fourth-order valence-electron chi connectivity index (χ4n) is 6.34. The van der Waals surface area contributed by atoms with Crippen molar-refractivity contribution < 1.29 is 9.90 Å². The van der Waals surface area contributed by atoms with Gasteiger partial charge in [0.15, 0.2) is 0 Å². The van der Waals surface area contributed by atoms with Crippen LogP contribution in [0.3, 0.4) is 0 Å². The summed E-state index contributed by atoms with van der Waals surface area (Å²) in [5.74, 6) is 0.0656. The fourth-order valence-corrected chi connectivity index (χ4v) is 6.34. The number of rotatable bonds is 3. The Morgan fingerprint density at radius 3 is 2.76 bits per heavy atom. The van der Waals surface area contributed by atoms with Crippen molar-refractivity contribution in [1.82, 2.24) is 15.2 Å². The molecule has 5 nitrogen and oxygen atoms in total. The van der Waals surface area contributed by atoms with E-state index >= 15 is 0 Å². The Hall–Kier alpha value is -2.11. The first-order chi connectivity index (χ1) is 13.9. The molecule has 1 aromatic carbocycles. The van der Waals surface area contributed by atoms with Gasteiger partial charge in [-0.2, -0.15) is 0 Å². The van der Waals surface area contributed by atoms with Crippen LogP contribution in [0.2, 0.25) is 0 Å². The van der Waals surface area contributed by atoms with Crippen molar-refractivity contribution >= 4 is 5.91 Å². The molecule has 0 radical (unpaired) electrons. The summed E-state index contributed by atoms with van der Waals surface area (Å²) in [5, 5.41) is 15.8. The molecule has 2 aromatic rings. The largest absolute Gasteiger partial charge is 0.387 e. The van der Waals surface area contributed by atoms with Crippen molar-refractivity contribution in [3.8, 4) is 0 Å². The highest BCUT2D eigenvalue weighted by Gasteiger charge is 2.62. The van der Waals surface area contributed by atoms with E-state index in [0.717, 1.165) is 42.6 Å². The van der Waals surface area contributed by atoms with Crippen LogP contribution < -0.4 is 5.32 Å². The molecule has 1 amide bonds. The monoisotopic (exact) mass is 393 g/mol. The number of aliphatic hydroxyl groups is 1. The van der Waals surface area contributed by atoms with Crippen molar-refractivity contribution in [1.29, 1.82) is 0 Å². The topological polar surface area (TPSA) is 68.4 Å². The molecular formula is C24H31N3O2. The molecule has 2 bridgehead atoms. The first kappa shape index (κ1) is 18.9. The number of nitrogens with one attached hydrogen (secondary N) is 2. The van der Waals surface area contributed by atoms with Gasteiger partial charge in [-0.1, -0.05) is 24.3 Å². The van der Waals surface area contributed by atoms with Crippen LogP contribution in [0.1, 0.15) is 58.7 Å². The lowest BCUT2D eigenvalue weighted by Crippen LogP contribution is -2.73. The number of H-pyrrole nitrogens is 1. The summed E-state index contributed by atoms with van der Waals surface area (Å²) in [4.78, 5) is 18.5. The Bertz CT molecular complexity index is 977. The van der Waals surface area contributed by atoms with Gasteiger partial charge < -0.3 is 20.3 Å². The molecule has 2 heterocycles. The summed E-state index contributed by atoms with van der Waals surface area (Å²) in [6, 6.07) is 8.67. The lowest BCUT2D eigenvalue weighted by Gasteiger charge is -2.60. The minimum absolute atomic E-state index is 0.0514. The van der Waals surface area contributed by atoms with Gasteiger partial charge in [0, 0.05) is 43.1 Å². The smallest absolute Gasteiger partial charge is 0.270 e. The molecule has 1 saturated heterocycles. The average Bonchev–Trinajstić information content (AvgIpc) is 3.02. The molecule has 5 heteroatoms. The minimum atomic E-state index is -0.824. The number of hydrogen-bond donors (Lipinski definition) is 3. The highest BCUT2D eigenvalue weighted by molar-refractivity contribution is 5.94. The number of hydrogen-bond acceptors (Lipinski definition) is 3. The van der Waals surface area contributed by atoms with Gasteiger partial charge >= 0.3 is 0 Å². The van der Waals surface area contributed by atoms with Crippen molar-refractivity contribution in [3.05, 3.63) is 57.9 Å². The van der Waals surface area contributed by atoms with Gasteiger partial charge in [0.2, 0.25) is 0 Å². The Morgan fingerprint density at radius 1 is 1.24 bits per heavy atom. The average molecular weight is 394 g/mol. The first-order valence-corrected chi connectivity index (χ1v) is 11.0. The van der Waals surface area contributed by atoms with E-state index in [2.05, 4.69) is 34.6 Å². The molecular weight excluding hydrogens is 362 g/mol. The second-order valence-electron chi connectivity index (χ2n) is 9.04. The number of benzene rings is 1. The van der Waals surface area contributed by atoms with Gasteiger partial charge in [-0.3, -0.25) is 4.79 Å². The minimum Gasteiger partial charge on any atom is -0.387 e. The highest BCUT2D eigenvalue weighted by Crippen LogP contribution is 2.55. The number of carbonyl (C=O) groups is 1. The zero-order chi connectivity index (χ0) is 20.4. The van der Waals surface area contributed by atoms with Crippen LogP contribution >= 0.6 is 0 Å². The Balaban J connectivity index is 1.65. The molecule has 2 aliphatic carbocycles. The molecule has 29 heavy (non-hydrogen) atoms. The van der Waals surface area contributed by atoms with E-state index in [1.807, 2.05) is 25.7 Å². The van der Waals surface area contributed by atoms with Crippen molar-refractivity contribution in [3.63, 3.8) is 0 Å². The lowest BCUT2D eigenvalue weighted by molar-refractivity contribution is -0.106. The van der Waals surface area contributed by atoms with E-state index < -0.39 is 5.60 Å². The van der Waals surface area contributed by atoms with E-state index in [1.165, 1.54) is 11.1 Å². The van der Waals surface area contributed by atoms with Crippen LogP contribution in [0, 0.1) is 6.92 Å². The Kier molecular flexibility index (Phi) is 4.20. The Morgan fingerprint density at radius 2 is 2.00 bits per heavy atom. The van der Waals surface area contributed by atoms with E-state index in [-0.39, 0.29) is 17.4 Å². The van der Waals surface area contributed by atoms with Gasteiger partial charge in [-0.25, -0.2) is 0 Å². The van der Waals surface area contributed by atoms with Gasteiger partial charge in [-0.05, 0) is 62.4 Å². The van der Waals surface area contributed by atoms with Crippen molar-refractivity contribution in [2.45, 2.75) is 63.5 Å². The third-order valence-electron chi connectivity index (χ3n) is 7.96. The number of piperidine rings is 1. The molecule has 0 spiro atoms. The van der Waals surface area contributed by atoms with Gasteiger partial charge in [-0.15, -0.1) is 0 Å². The van der Waals surface area contributed by atoms with E-state index in [0.29, 0.717) is 25.2 Å². The predicted octanol–water partition coefficient (Wildman–Crippen LogP) is 2.49. The number of carbonyl (C=O) groups excluding carboxylic acids is 1. The third-order valence-corrected chi connectivity index (χ3v) is 7.96. The van der Waals surface area contributed by atoms with Crippen molar-refractivity contribution in [2.24, 2.45) is 0 Å². The predicted molar refractivity (Wildman–Crippen MR) is 113 cm³/mol. The molecule has 0 saturated carbocycles. The van der Waals surface area contributed by atoms with E-state index in [9.17, 15) is 9.90 Å². The van der Waals surface area contributed by atoms with Crippen molar-refractivity contribution in [2.75, 3.05) is 19.6 Å². The molecule has 0 unspecified atom stereocenters. The summed E-state index contributed by atoms with van der Waals surface area (Å²) in [6.07, 6.45) is 3.13. The second-order valence-corrected chi connectivity index (χ2v) is 9.04. The number of nitrogens with zero attached hydrogens (tertiary/aromatic N) is 1. The van der Waals surface area contributed by atoms with Crippen LogP contribution in [-0.4, -0.2) is 52.2 Å². The number of amides is 1. The zero-order valence-corrected chi connectivity index (χ0v) is 17.6. The van der Waals surface area contributed by atoms with Crippen LogP contribution in [-0.2, 0) is 24.7 Å². The first-order valence-electron chi connectivity index (χ1n) is 11.0. The van der Waals surface area contributed by atoms with E-state index in [4.69, 9.17) is 0 Å². The second kappa shape index (κ2) is 6.44. The number of aromatic amines is 1. The molecule has 1 aromatic heterocycles. The zero-order valence-electron chi connectivity index (χ0n) is 17.6. The summed E-state index contributed by atoms with van der Waals surface area (Å²) in [6.45, 7) is 8.38. The third kappa shape index (κ3) is 2.37. The summed E-state index contributed by atoms with van der Waals surface area (Å²) in [5.41, 5.74) is 5.53. The van der Waals surface area contributed by atoms with Crippen LogP contribution in [0.25, 0.3) is 0 Å². The molecule has 3 atom stereocenters. The number of aromatic nitrogens is 1. The van der Waals surface area contributed by atoms with Crippen LogP contribution in [0.4, 0.5) is 0 Å². The summed E-state index contributed by atoms with van der Waals surface area (Å²) < 4.78 is 0. The molecule has 1 fully saturated rings. The summed E-state index contributed by atoms with van der Waals surface area (Å²) >= 11 is 0. The Labute approximate surface area is 172 Å². The quantitative estimate of drug-likeness (QED) is 0.751. The van der Waals surface area contributed by atoms with Gasteiger partial charge in [0.05, 0.1) is 5.60 Å². The maximum absolute atomic E-state index is 13.1. The molecule has 3 N–H and O–H groups in total. The lowest BCUT2D eigenvalue weighted by atomic mass is 9.50. The van der Waals surface area contributed by atoms with Crippen LogP contribution in [0.15, 0.2) is 24.3 Å². The molecule has 5 rings (SSSR count). The highest BCUT2D eigenvalue weighted by atomic mass is 16.3.